The zero-order valence-corrected chi connectivity index (χ0v) is 12.3. The first-order valence-corrected chi connectivity index (χ1v) is 6.95. The quantitative estimate of drug-likeness (QED) is 0.805. The first kappa shape index (κ1) is 13.6. The lowest BCUT2D eigenvalue weighted by Gasteiger charge is -2.05. The highest BCUT2D eigenvalue weighted by Crippen LogP contribution is 2.16. The molecule has 0 aliphatic carbocycles. The van der Waals surface area contributed by atoms with Gasteiger partial charge in [0.25, 0.3) is 0 Å². The van der Waals surface area contributed by atoms with Crippen molar-refractivity contribution >= 4 is 34.2 Å². The van der Waals surface area contributed by atoms with Gasteiger partial charge in [-0.25, -0.2) is 4.98 Å². The molecule has 3 rings (SSSR count). The molecule has 0 aliphatic heterocycles. The summed E-state index contributed by atoms with van der Waals surface area (Å²) in [6, 6.07) is 12.9. The number of rotatable bonds is 3. The van der Waals surface area contributed by atoms with Gasteiger partial charge in [-0.05, 0) is 42.0 Å². The second kappa shape index (κ2) is 5.58. The van der Waals surface area contributed by atoms with E-state index in [1.54, 1.807) is 30.6 Å². The van der Waals surface area contributed by atoms with Crippen molar-refractivity contribution in [2.45, 2.75) is 6.42 Å². The van der Waals surface area contributed by atoms with Crippen LogP contribution in [0, 0.1) is 0 Å². The molecule has 1 N–H and O–H groups in total. The molecule has 1 aromatic heterocycles. The molecule has 0 atom stereocenters. The molecule has 4 nitrogen and oxygen atoms in total. The Labute approximate surface area is 127 Å². The summed E-state index contributed by atoms with van der Waals surface area (Å²) in [5.41, 5.74) is 3.63. The Kier molecular flexibility index (Phi) is 3.62. The molecule has 3 aromatic rings. The van der Waals surface area contributed by atoms with Crippen molar-refractivity contribution in [3.8, 4) is 0 Å². The molecule has 0 aliphatic rings. The van der Waals surface area contributed by atoms with E-state index in [9.17, 15) is 4.79 Å². The van der Waals surface area contributed by atoms with Crippen LogP contribution in [0.5, 0.6) is 0 Å². The second-order valence-corrected chi connectivity index (χ2v) is 5.35. The largest absolute Gasteiger partial charge is 0.334 e. The minimum atomic E-state index is -0.0624. The number of benzene rings is 2. The highest BCUT2D eigenvalue weighted by molar-refractivity contribution is 6.30. The molecule has 5 heteroatoms. The number of nitrogens with one attached hydrogen (secondary N) is 1. The summed E-state index contributed by atoms with van der Waals surface area (Å²) in [4.78, 5) is 16.3. The predicted molar refractivity (Wildman–Crippen MR) is 84.5 cm³/mol. The van der Waals surface area contributed by atoms with E-state index in [1.165, 1.54) is 0 Å². The van der Waals surface area contributed by atoms with Crippen molar-refractivity contribution in [3.63, 3.8) is 0 Å². The molecule has 106 valence electrons. The van der Waals surface area contributed by atoms with Crippen LogP contribution in [0.4, 0.5) is 5.69 Å². The van der Waals surface area contributed by atoms with Gasteiger partial charge < -0.3 is 9.88 Å². The van der Waals surface area contributed by atoms with Crippen molar-refractivity contribution in [1.29, 1.82) is 0 Å². The number of fused-ring (bicyclic) bond motifs is 1. The van der Waals surface area contributed by atoms with Crippen LogP contribution in [0.2, 0.25) is 5.02 Å². The van der Waals surface area contributed by atoms with Gasteiger partial charge in [-0.15, -0.1) is 0 Å². The van der Waals surface area contributed by atoms with Gasteiger partial charge in [0.2, 0.25) is 5.91 Å². The first-order chi connectivity index (χ1) is 10.1. The number of imidazole rings is 1. The summed E-state index contributed by atoms with van der Waals surface area (Å²) in [5, 5.41) is 3.49. The number of aryl methyl sites for hydroxylation is 1. The fraction of sp³-hybridized carbons (Fsp3) is 0.125. The van der Waals surface area contributed by atoms with E-state index in [2.05, 4.69) is 10.3 Å². The summed E-state index contributed by atoms with van der Waals surface area (Å²) in [5.74, 6) is -0.0624. The fourth-order valence-corrected chi connectivity index (χ4v) is 2.34. The van der Waals surface area contributed by atoms with Gasteiger partial charge in [0.05, 0.1) is 23.8 Å². The summed E-state index contributed by atoms with van der Waals surface area (Å²) in [7, 11) is 1.95. The average molecular weight is 300 g/mol. The van der Waals surface area contributed by atoms with Gasteiger partial charge >= 0.3 is 0 Å². The standard InChI is InChI=1S/C16H14ClN3O/c1-20-10-18-14-8-11(2-7-15(14)20)9-16(21)19-13-5-3-12(17)4-6-13/h2-8,10H,9H2,1H3,(H,19,21). The van der Waals surface area contributed by atoms with E-state index in [-0.39, 0.29) is 5.91 Å². The number of anilines is 1. The minimum Gasteiger partial charge on any atom is -0.334 e. The summed E-state index contributed by atoms with van der Waals surface area (Å²) >= 11 is 5.81. The number of hydrogen-bond donors (Lipinski definition) is 1. The van der Waals surface area contributed by atoms with Crippen molar-refractivity contribution in [2.24, 2.45) is 7.05 Å². The predicted octanol–water partition coefficient (Wildman–Crippen LogP) is 3.41. The minimum absolute atomic E-state index is 0.0624. The van der Waals surface area contributed by atoms with E-state index >= 15 is 0 Å². The van der Waals surface area contributed by atoms with Crippen LogP contribution in [0.3, 0.4) is 0 Å². The summed E-state index contributed by atoms with van der Waals surface area (Å²) in [6.07, 6.45) is 2.08. The summed E-state index contributed by atoms with van der Waals surface area (Å²) < 4.78 is 1.95. The molecule has 0 spiro atoms. The van der Waals surface area contributed by atoms with Crippen molar-refractivity contribution in [1.82, 2.24) is 9.55 Å². The van der Waals surface area contributed by atoms with E-state index in [0.29, 0.717) is 11.4 Å². The Morgan fingerprint density at radius 2 is 2.00 bits per heavy atom. The number of amides is 1. The van der Waals surface area contributed by atoms with Gasteiger partial charge in [0, 0.05) is 17.8 Å². The summed E-state index contributed by atoms with van der Waals surface area (Å²) in [6.45, 7) is 0. The molecule has 1 amide bonds. The zero-order valence-electron chi connectivity index (χ0n) is 11.5. The molecule has 2 aromatic carbocycles. The highest BCUT2D eigenvalue weighted by Gasteiger charge is 2.06. The maximum absolute atomic E-state index is 12.0. The normalized spacial score (nSPS) is 10.8. The molecule has 0 unspecified atom stereocenters. The van der Waals surface area contributed by atoms with E-state index in [0.717, 1.165) is 22.3 Å². The lowest BCUT2D eigenvalue weighted by atomic mass is 10.1. The Hall–Kier alpha value is -2.33. The molecule has 0 saturated heterocycles. The molecule has 0 bridgehead atoms. The molecular weight excluding hydrogens is 286 g/mol. The van der Waals surface area contributed by atoms with Crippen molar-refractivity contribution in [3.05, 3.63) is 59.4 Å². The van der Waals surface area contributed by atoms with Crippen LogP contribution in [0.15, 0.2) is 48.8 Å². The molecule has 0 radical (unpaired) electrons. The second-order valence-electron chi connectivity index (χ2n) is 4.91. The van der Waals surface area contributed by atoms with Crippen molar-refractivity contribution in [2.75, 3.05) is 5.32 Å². The molecular formula is C16H14ClN3O. The topological polar surface area (TPSA) is 46.9 Å². The molecule has 1 heterocycles. The van der Waals surface area contributed by atoms with E-state index < -0.39 is 0 Å². The zero-order chi connectivity index (χ0) is 14.8. The maximum Gasteiger partial charge on any atom is 0.228 e. The Bertz CT molecular complexity index is 793. The lowest BCUT2D eigenvalue weighted by Crippen LogP contribution is -2.14. The highest BCUT2D eigenvalue weighted by atomic mass is 35.5. The first-order valence-electron chi connectivity index (χ1n) is 6.57. The maximum atomic E-state index is 12.0. The van der Waals surface area contributed by atoms with Gasteiger partial charge in [-0.1, -0.05) is 17.7 Å². The van der Waals surface area contributed by atoms with E-state index in [4.69, 9.17) is 11.6 Å². The van der Waals surface area contributed by atoms with Crippen LogP contribution in [-0.4, -0.2) is 15.5 Å². The van der Waals surface area contributed by atoms with E-state index in [1.807, 2.05) is 29.8 Å². The van der Waals surface area contributed by atoms with Crippen molar-refractivity contribution < 1.29 is 4.79 Å². The van der Waals surface area contributed by atoms with Crippen LogP contribution in [0.1, 0.15) is 5.56 Å². The lowest BCUT2D eigenvalue weighted by molar-refractivity contribution is -0.115. The molecule has 0 fully saturated rings. The van der Waals surface area contributed by atoms with Crippen LogP contribution >= 0.6 is 11.6 Å². The van der Waals surface area contributed by atoms with Gasteiger partial charge in [-0.3, -0.25) is 4.79 Å². The molecule has 21 heavy (non-hydrogen) atoms. The number of nitrogens with zero attached hydrogens (tertiary/aromatic N) is 2. The SMILES string of the molecule is Cn1cnc2cc(CC(=O)Nc3ccc(Cl)cc3)ccc21. The smallest absolute Gasteiger partial charge is 0.228 e. The third-order valence-corrected chi connectivity index (χ3v) is 3.53. The third kappa shape index (κ3) is 3.06. The third-order valence-electron chi connectivity index (χ3n) is 3.28. The van der Waals surface area contributed by atoms with Crippen LogP contribution < -0.4 is 5.32 Å². The number of aromatic nitrogens is 2. The number of halogens is 1. The Balaban J connectivity index is 1.72. The van der Waals surface area contributed by atoms with Gasteiger partial charge in [-0.2, -0.15) is 0 Å². The monoisotopic (exact) mass is 299 g/mol. The Morgan fingerprint density at radius 3 is 2.76 bits per heavy atom. The number of hydrogen-bond acceptors (Lipinski definition) is 2. The fourth-order valence-electron chi connectivity index (χ4n) is 2.22. The number of carbonyl (C=O) groups excluding carboxylic acids is 1. The van der Waals surface area contributed by atoms with Crippen LogP contribution in [-0.2, 0) is 18.3 Å². The van der Waals surface area contributed by atoms with Gasteiger partial charge in [0.15, 0.2) is 0 Å². The van der Waals surface area contributed by atoms with Gasteiger partial charge in [0.1, 0.15) is 0 Å². The average Bonchev–Trinajstić information content (AvgIpc) is 2.82. The Morgan fingerprint density at radius 1 is 1.24 bits per heavy atom. The number of carbonyl (C=O) groups is 1. The molecule has 0 saturated carbocycles. The van der Waals surface area contributed by atoms with Crippen LogP contribution in [0.25, 0.3) is 11.0 Å².